The highest BCUT2D eigenvalue weighted by Gasteiger charge is 2.35. The molecule has 2 rings (SSSR count). The first-order chi connectivity index (χ1) is 13.1. The Labute approximate surface area is 167 Å². The second-order valence-electron chi connectivity index (χ2n) is 7.38. The quantitative estimate of drug-likeness (QED) is 0.459. The highest BCUT2D eigenvalue weighted by molar-refractivity contribution is 7.18. The Hall–Kier alpha value is -2.97. The van der Waals surface area contributed by atoms with Gasteiger partial charge in [-0.05, 0) is 36.8 Å². The number of ether oxygens (including phenoxy) is 1. The minimum Gasteiger partial charge on any atom is -0.462 e. The van der Waals surface area contributed by atoms with Crippen LogP contribution in [0.3, 0.4) is 0 Å². The monoisotopic (exact) mass is 399 g/mol. The van der Waals surface area contributed by atoms with E-state index >= 15 is 0 Å². The summed E-state index contributed by atoms with van der Waals surface area (Å²) in [6.07, 6.45) is 0.782. The molecule has 1 aliphatic rings. The highest BCUT2D eigenvalue weighted by atomic mass is 32.1. The molecule has 0 bridgehead atoms. The molecule has 1 N–H and O–H groups in total. The highest BCUT2D eigenvalue weighted by Crippen LogP contribution is 2.43. The number of amides is 1. The summed E-state index contributed by atoms with van der Waals surface area (Å²) in [7, 11) is 0. The first kappa shape index (κ1) is 21.3. The van der Waals surface area contributed by atoms with Crippen LogP contribution in [0.1, 0.15) is 61.3 Å². The van der Waals surface area contributed by atoms with Crippen molar-refractivity contribution >= 4 is 34.0 Å². The lowest BCUT2D eigenvalue weighted by Gasteiger charge is -2.28. The SMILES string of the molecule is CCOC(=O)/C(C#N)=C(\C)CC(=O)Nc1sc2c(c1C#N)CC(C)(C)CC2=O. The lowest BCUT2D eigenvalue weighted by molar-refractivity contribution is -0.138. The van der Waals surface area contributed by atoms with Crippen LogP contribution in [-0.4, -0.2) is 24.3 Å². The molecular formula is C20H21N3O4S. The zero-order chi connectivity index (χ0) is 21.1. The Balaban J connectivity index is 2.26. The van der Waals surface area contributed by atoms with Crippen LogP contribution in [0.4, 0.5) is 5.00 Å². The van der Waals surface area contributed by atoms with E-state index in [4.69, 9.17) is 10.00 Å². The maximum Gasteiger partial charge on any atom is 0.348 e. The number of fused-ring (bicyclic) bond motifs is 1. The standard InChI is InChI=1S/C20H21N3O4S/c1-5-27-19(26)13(9-21)11(2)6-16(25)23-18-14(10-22)12-7-20(3,4)8-15(24)17(12)28-18/h5-8H2,1-4H3,(H,23,25)/b13-11+. The fraction of sp³-hybridized carbons (Fsp3) is 0.450. The fourth-order valence-electron chi connectivity index (χ4n) is 3.14. The van der Waals surface area contributed by atoms with Gasteiger partial charge in [0.2, 0.25) is 5.91 Å². The van der Waals surface area contributed by atoms with E-state index < -0.39 is 11.9 Å². The van der Waals surface area contributed by atoms with Crippen molar-refractivity contribution in [3.8, 4) is 12.1 Å². The van der Waals surface area contributed by atoms with Crippen molar-refractivity contribution in [2.24, 2.45) is 5.41 Å². The molecule has 0 saturated heterocycles. The number of carbonyl (C=O) groups excluding carboxylic acids is 3. The maximum atomic E-state index is 12.4. The number of rotatable bonds is 5. The number of esters is 1. The van der Waals surface area contributed by atoms with Gasteiger partial charge in [0.05, 0.1) is 17.0 Å². The molecule has 0 aromatic carbocycles. The van der Waals surface area contributed by atoms with E-state index in [0.29, 0.717) is 33.8 Å². The van der Waals surface area contributed by atoms with E-state index in [1.54, 1.807) is 13.0 Å². The molecule has 0 saturated carbocycles. The molecule has 1 aromatic rings. The van der Waals surface area contributed by atoms with Crippen molar-refractivity contribution in [2.45, 2.75) is 47.0 Å². The number of thiophene rings is 1. The van der Waals surface area contributed by atoms with Crippen LogP contribution in [0.25, 0.3) is 0 Å². The van der Waals surface area contributed by atoms with E-state index in [2.05, 4.69) is 11.4 Å². The number of carbonyl (C=O) groups is 3. The predicted octanol–water partition coefficient (Wildman–Crippen LogP) is 3.51. The number of hydrogen-bond donors (Lipinski definition) is 1. The van der Waals surface area contributed by atoms with Crippen LogP contribution in [0, 0.1) is 28.1 Å². The Morgan fingerprint density at radius 1 is 1.29 bits per heavy atom. The van der Waals surface area contributed by atoms with Gasteiger partial charge in [0.15, 0.2) is 5.78 Å². The molecule has 0 unspecified atom stereocenters. The van der Waals surface area contributed by atoms with Gasteiger partial charge in [0.25, 0.3) is 0 Å². The first-order valence-electron chi connectivity index (χ1n) is 8.79. The van der Waals surface area contributed by atoms with E-state index in [1.807, 2.05) is 13.8 Å². The van der Waals surface area contributed by atoms with E-state index in [-0.39, 0.29) is 35.4 Å². The lowest BCUT2D eigenvalue weighted by atomic mass is 9.75. The summed E-state index contributed by atoms with van der Waals surface area (Å²) in [6.45, 7) is 7.20. The second-order valence-corrected chi connectivity index (χ2v) is 8.40. The van der Waals surface area contributed by atoms with Crippen LogP contribution in [0.5, 0.6) is 0 Å². The Kier molecular flexibility index (Phi) is 6.37. The molecule has 0 atom stereocenters. The third-order valence-electron chi connectivity index (χ3n) is 4.36. The van der Waals surface area contributed by atoms with Gasteiger partial charge in [-0.1, -0.05) is 13.8 Å². The molecule has 1 heterocycles. The van der Waals surface area contributed by atoms with Crippen LogP contribution in [0.2, 0.25) is 0 Å². The largest absolute Gasteiger partial charge is 0.462 e. The summed E-state index contributed by atoms with van der Waals surface area (Å²) in [5, 5.41) is 21.7. The van der Waals surface area contributed by atoms with Crippen LogP contribution < -0.4 is 5.32 Å². The number of hydrogen-bond acceptors (Lipinski definition) is 7. The van der Waals surface area contributed by atoms with Crippen LogP contribution >= 0.6 is 11.3 Å². The molecule has 0 spiro atoms. The minimum atomic E-state index is -0.771. The predicted molar refractivity (Wildman–Crippen MR) is 104 cm³/mol. The van der Waals surface area contributed by atoms with Gasteiger partial charge in [-0.15, -0.1) is 11.3 Å². The topological polar surface area (TPSA) is 120 Å². The van der Waals surface area contributed by atoms with Gasteiger partial charge in [-0.25, -0.2) is 4.79 Å². The first-order valence-corrected chi connectivity index (χ1v) is 9.61. The number of ketones is 1. The van der Waals surface area contributed by atoms with Crippen LogP contribution in [0.15, 0.2) is 11.1 Å². The van der Waals surface area contributed by atoms with Gasteiger partial charge < -0.3 is 10.1 Å². The Morgan fingerprint density at radius 2 is 1.96 bits per heavy atom. The summed E-state index contributed by atoms with van der Waals surface area (Å²) in [6, 6.07) is 3.86. The van der Waals surface area contributed by atoms with Crippen molar-refractivity contribution in [3.05, 3.63) is 27.2 Å². The molecule has 28 heavy (non-hydrogen) atoms. The Morgan fingerprint density at radius 3 is 2.54 bits per heavy atom. The normalized spacial score (nSPS) is 15.6. The molecule has 0 fully saturated rings. The molecule has 0 aliphatic heterocycles. The molecular weight excluding hydrogens is 378 g/mol. The molecule has 1 amide bonds. The van der Waals surface area contributed by atoms with Crippen molar-refractivity contribution < 1.29 is 19.1 Å². The summed E-state index contributed by atoms with van der Waals surface area (Å²) >= 11 is 1.10. The van der Waals surface area contributed by atoms with E-state index in [1.165, 1.54) is 6.92 Å². The van der Waals surface area contributed by atoms with Gasteiger partial charge in [-0.3, -0.25) is 9.59 Å². The fourth-order valence-corrected chi connectivity index (χ4v) is 4.26. The molecule has 1 aromatic heterocycles. The molecule has 0 radical (unpaired) electrons. The number of nitrogens with one attached hydrogen (secondary N) is 1. The van der Waals surface area contributed by atoms with Gasteiger partial charge in [-0.2, -0.15) is 10.5 Å². The summed E-state index contributed by atoms with van der Waals surface area (Å²) in [5.41, 5.74) is 0.816. The number of anilines is 1. The molecule has 7 nitrogen and oxygen atoms in total. The van der Waals surface area contributed by atoms with Gasteiger partial charge >= 0.3 is 5.97 Å². The summed E-state index contributed by atoms with van der Waals surface area (Å²) in [4.78, 5) is 37.1. The molecule has 1 aliphatic carbocycles. The maximum absolute atomic E-state index is 12.4. The molecule has 8 heteroatoms. The zero-order valence-corrected chi connectivity index (χ0v) is 17.1. The van der Waals surface area contributed by atoms with Crippen LogP contribution in [-0.2, 0) is 20.7 Å². The van der Waals surface area contributed by atoms with Gasteiger partial charge in [0.1, 0.15) is 22.7 Å². The molecule has 146 valence electrons. The third-order valence-corrected chi connectivity index (χ3v) is 5.55. The van der Waals surface area contributed by atoms with Crippen molar-refractivity contribution in [1.82, 2.24) is 0 Å². The average molecular weight is 399 g/mol. The number of Topliss-reactive ketones (excluding diaryl/α,β-unsaturated/α-hetero) is 1. The number of nitrogens with zero attached hydrogens (tertiary/aromatic N) is 2. The Bertz CT molecular complexity index is 957. The van der Waals surface area contributed by atoms with Crippen molar-refractivity contribution in [1.29, 1.82) is 10.5 Å². The van der Waals surface area contributed by atoms with E-state index in [0.717, 1.165) is 11.3 Å². The third kappa shape index (κ3) is 4.47. The van der Waals surface area contributed by atoms with Gasteiger partial charge in [0, 0.05) is 12.8 Å². The summed E-state index contributed by atoms with van der Waals surface area (Å²) in [5.74, 6) is -1.28. The second kappa shape index (κ2) is 8.37. The van der Waals surface area contributed by atoms with Crippen molar-refractivity contribution in [3.63, 3.8) is 0 Å². The number of nitriles is 2. The van der Waals surface area contributed by atoms with E-state index in [9.17, 15) is 19.6 Å². The average Bonchev–Trinajstić information content (AvgIpc) is 2.91. The lowest BCUT2D eigenvalue weighted by Crippen LogP contribution is -2.26. The summed E-state index contributed by atoms with van der Waals surface area (Å²) < 4.78 is 4.81. The zero-order valence-electron chi connectivity index (χ0n) is 16.3. The smallest absolute Gasteiger partial charge is 0.348 e. The van der Waals surface area contributed by atoms with Crippen molar-refractivity contribution in [2.75, 3.05) is 11.9 Å². The minimum absolute atomic E-state index is 0.0293.